The van der Waals surface area contributed by atoms with Crippen LogP contribution in [-0.4, -0.2) is 15.0 Å². The second-order valence-electron chi connectivity index (χ2n) is 12.8. The molecule has 0 amide bonds. The van der Waals surface area contributed by atoms with E-state index in [1.807, 2.05) is 0 Å². The number of hydrogen-bond acceptors (Lipinski definition) is 2. The summed E-state index contributed by atoms with van der Waals surface area (Å²) in [7, 11) is 0. The van der Waals surface area contributed by atoms with Crippen molar-refractivity contribution in [1.29, 1.82) is 0 Å². The lowest BCUT2D eigenvalue weighted by Crippen LogP contribution is -2.24. The van der Waals surface area contributed by atoms with E-state index in [0.717, 1.165) is 17.2 Å². The first-order chi connectivity index (χ1) is 23.8. The Balaban J connectivity index is 1.16. The van der Waals surface area contributed by atoms with E-state index in [4.69, 9.17) is 4.99 Å². The Kier molecular flexibility index (Phi) is 5.13. The molecule has 7 aromatic carbocycles. The minimum absolute atomic E-state index is 0.0491. The number of nitrogens with zero attached hydrogens (tertiary/aromatic N) is 3. The number of fused-ring (bicyclic) bond motifs is 10. The van der Waals surface area contributed by atoms with Gasteiger partial charge in [0.25, 0.3) is 0 Å². The van der Waals surface area contributed by atoms with Gasteiger partial charge >= 0.3 is 0 Å². The van der Waals surface area contributed by atoms with Crippen molar-refractivity contribution >= 4 is 60.8 Å². The summed E-state index contributed by atoms with van der Waals surface area (Å²) in [5.41, 5.74) is 14.1. The van der Waals surface area contributed by atoms with E-state index in [9.17, 15) is 0 Å². The summed E-state index contributed by atoms with van der Waals surface area (Å²) in [6.07, 6.45) is 0. The number of rotatable bonds is 3. The summed E-state index contributed by atoms with van der Waals surface area (Å²) in [5.74, 6) is 1.03. The van der Waals surface area contributed by atoms with Gasteiger partial charge in [-0.3, -0.25) is 4.57 Å². The Morgan fingerprint density at radius 2 is 1.21 bits per heavy atom. The van der Waals surface area contributed by atoms with Crippen molar-refractivity contribution in [3.8, 4) is 27.9 Å². The van der Waals surface area contributed by atoms with Crippen LogP contribution in [0.25, 0.3) is 71.6 Å². The molecule has 0 saturated carbocycles. The fraction of sp³-hybridized carbons (Fsp3) is 0.0227. The largest absolute Gasteiger partial charge is 0.370 e. The molecule has 2 aliphatic heterocycles. The van der Waals surface area contributed by atoms with Crippen molar-refractivity contribution in [3.05, 3.63) is 163 Å². The molecule has 4 heterocycles. The van der Waals surface area contributed by atoms with Crippen molar-refractivity contribution in [3.63, 3.8) is 0 Å². The maximum atomic E-state index is 5.40. The Hall–Kier alpha value is -6.39. The van der Waals surface area contributed by atoms with Crippen molar-refractivity contribution < 1.29 is 0 Å². The summed E-state index contributed by atoms with van der Waals surface area (Å²) in [6, 6.07) is 56.9. The van der Waals surface area contributed by atoms with E-state index in [2.05, 4.69) is 172 Å². The molecule has 9 aromatic rings. The zero-order valence-corrected chi connectivity index (χ0v) is 25.9. The van der Waals surface area contributed by atoms with Crippen LogP contribution in [0.15, 0.2) is 163 Å². The van der Waals surface area contributed by atoms with Gasteiger partial charge in [0.05, 0.1) is 33.4 Å². The molecule has 4 nitrogen and oxygen atoms in total. The Labute approximate surface area is 276 Å². The highest BCUT2D eigenvalue weighted by atomic mass is 15.2. The monoisotopic (exact) mass is 612 g/mol. The van der Waals surface area contributed by atoms with Gasteiger partial charge in [-0.2, -0.15) is 0 Å². The normalized spacial score (nSPS) is 14.8. The molecule has 224 valence electrons. The van der Waals surface area contributed by atoms with Crippen LogP contribution in [0.4, 0.5) is 11.4 Å². The molecule has 1 unspecified atom stereocenters. The third-order valence-electron chi connectivity index (χ3n) is 10.3. The molecular formula is C44H28N4. The van der Waals surface area contributed by atoms with Crippen LogP contribution < -0.4 is 5.32 Å². The van der Waals surface area contributed by atoms with Crippen LogP contribution in [0.1, 0.15) is 11.6 Å². The molecule has 0 aliphatic carbocycles. The fourth-order valence-corrected chi connectivity index (χ4v) is 8.22. The van der Waals surface area contributed by atoms with Gasteiger partial charge in [-0.15, -0.1) is 0 Å². The summed E-state index contributed by atoms with van der Waals surface area (Å²) in [5, 5.41) is 8.95. The smallest absolute Gasteiger partial charge is 0.141 e. The Morgan fingerprint density at radius 1 is 0.500 bits per heavy atom. The van der Waals surface area contributed by atoms with Crippen LogP contribution in [0.2, 0.25) is 0 Å². The number of nitrogens with one attached hydrogen (secondary N) is 1. The van der Waals surface area contributed by atoms with Crippen LogP contribution in [-0.2, 0) is 0 Å². The molecule has 48 heavy (non-hydrogen) atoms. The Morgan fingerprint density at radius 3 is 2.04 bits per heavy atom. The molecule has 0 fully saturated rings. The van der Waals surface area contributed by atoms with Crippen molar-refractivity contribution in [2.24, 2.45) is 4.99 Å². The molecular weight excluding hydrogens is 585 g/mol. The second-order valence-corrected chi connectivity index (χ2v) is 12.8. The number of benzene rings is 7. The van der Waals surface area contributed by atoms with Gasteiger partial charge in [-0.05, 0) is 76.9 Å². The maximum Gasteiger partial charge on any atom is 0.141 e. The quantitative estimate of drug-likeness (QED) is 0.212. The SMILES string of the molecule is c1ccc(-c2ccc3c(c2)N=C2C(N3)c3cc(-c4cccc5c4c4ccccc4n5-c4ccccc4)cc4c5ccccc5n2c34)cc1. The van der Waals surface area contributed by atoms with Crippen LogP contribution in [0.5, 0.6) is 0 Å². The number of aliphatic imine (C=N–C) groups is 1. The lowest BCUT2D eigenvalue weighted by atomic mass is 9.93. The topological polar surface area (TPSA) is 34.2 Å². The van der Waals surface area contributed by atoms with E-state index in [1.54, 1.807) is 0 Å². The van der Waals surface area contributed by atoms with Crippen molar-refractivity contribution in [1.82, 2.24) is 9.13 Å². The molecule has 1 N–H and O–H groups in total. The first kappa shape index (κ1) is 25.8. The average molecular weight is 613 g/mol. The highest BCUT2D eigenvalue weighted by Gasteiger charge is 2.37. The lowest BCUT2D eigenvalue weighted by Gasteiger charge is -2.24. The molecule has 11 rings (SSSR count). The predicted octanol–water partition coefficient (Wildman–Crippen LogP) is 11.3. The molecule has 1 atom stereocenters. The zero-order chi connectivity index (χ0) is 31.3. The molecule has 0 bridgehead atoms. The minimum Gasteiger partial charge on any atom is -0.370 e. The second kappa shape index (κ2) is 9.57. The van der Waals surface area contributed by atoms with E-state index >= 15 is 0 Å². The lowest BCUT2D eigenvalue weighted by molar-refractivity contribution is 1.02. The first-order valence-corrected chi connectivity index (χ1v) is 16.5. The van der Waals surface area contributed by atoms with Gasteiger partial charge in [-0.1, -0.05) is 103 Å². The highest BCUT2D eigenvalue weighted by Crippen LogP contribution is 2.49. The zero-order valence-electron chi connectivity index (χ0n) is 25.9. The van der Waals surface area contributed by atoms with E-state index in [1.165, 1.54) is 77.1 Å². The van der Waals surface area contributed by atoms with E-state index in [0.29, 0.717) is 0 Å². The van der Waals surface area contributed by atoms with Crippen molar-refractivity contribution in [2.75, 3.05) is 5.32 Å². The summed E-state index contributed by atoms with van der Waals surface area (Å²) in [6.45, 7) is 0. The third kappa shape index (κ3) is 3.46. The predicted molar refractivity (Wildman–Crippen MR) is 200 cm³/mol. The molecule has 4 heteroatoms. The van der Waals surface area contributed by atoms with Crippen LogP contribution in [0.3, 0.4) is 0 Å². The number of para-hydroxylation sites is 3. The summed E-state index contributed by atoms with van der Waals surface area (Å²) < 4.78 is 4.78. The first-order valence-electron chi connectivity index (χ1n) is 16.5. The van der Waals surface area contributed by atoms with Gasteiger partial charge in [0.15, 0.2) is 0 Å². The molecule has 2 aliphatic rings. The van der Waals surface area contributed by atoms with Crippen molar-refractivity contribution in [2.45, 2.75) is 6.04 Å². The number of hydrogen-bond donors (Lipinski definition) is 1. The van der Waals surface area contributed by atoms with Crippen LogP contribution in [0, 0.1) is 0 Å². The third-order valence-corrected chi connectivity index (χ3v) is 10.3. The minimum atomic E-state index is -0.0491. The molecule has 2 aromatic heterocycles. The van der Waals surface area contributed by atoms with Crippen LogP contribution >= 0.6 is 0 Å². The maximum absolute atomic E-state index is 5.40. The summed E-state index contributed by atoms with van der Waals surface area (Å²) in [4.78, 5) is 5.40. The van der Waals surface area contributed by atoms with Gasteiger partial charge in [0, 0.05) is 32.8 Å². The standard InChI is InChI=1S/C44H28N4/c1-3-12-27(13-4-1)28-22-23-36-37(26-28)46-44-42(45-36)35-25-29(24-34-32-16-7-9-19-38(32)48(44)43(34)35)31-18-11-21-40-41(31)33-17-8-10-20-39(33)47(40)30-14-5-2-6-15-30/h1-26,42,45H. The molecule has 0 spiro atoms. The highest BCUT2D eigenvalue weighted by molar-refractivity contribution is 6.23. The van der Waals surface area contributed by atoms with Gasteiger partial charge in [0.1, 0.15) is 11.9 Å². The van der Waals surface area contributed by atoms with Gasteiger partial charge in [0.2, 0.25) is 0 Å². The molecule has 0 radical (unpaired) electrons. The number of aromatic nitrogens is 2. The van der Waals surface area contributed by atoms with Gasteiger partial charge < -0.3 is 9.88 Å². The fourth-order valence-electron chi connectivity index (χ4n) is 8.22. The Bertz CT molecular complexity index is 2800. The number of anilines is 1. The van der Waals surface area contributed by atoms with E-state index < -0.39 is 0 Å². The van der Waals surface area contributed by atoms with E-state index in [-0.39, 0.29) is 6.04 Å². The molecule has 0 saturated heterocycles. The summed E-state index contributed by atoms with van der Waals surface area (Å²) >= 11 is 0. The van der Waals surface area contributed by atoms with Gasteiger partial charge in [-0.25, -0.2) is 4.99 Å². The average Bonchev–Trinajstić information content (AvgIpc) is 3.79.